The van der Waals surface area contributed by atoms with Gasteiger partial charge >= 0.3 is 5.97 Å². The number of carboxylic acids is 1. The lowest BCUT2D eigenvalue weighted by Gasteiger charge is -2.11. The number of ether oxygens (including phenoxy) is 1. The summed E-state index contributed by atoms with van der Waals surface area (Å²) in [6.45, 7) is 0. The van der Waals surface area contributed by atoms with Crippen LogP contribution >= 0.6 is 0 Å². The predicted molar refractivity (Wildman–Crippen MR) is 90.8 cm³/mol. The van der Waals surface area contributed by atoms with Gasteiger partial charge in [-0.15, -0.1) is 0 Å². The van der Waals surface area contributed by atoms with Crippen molar-refractivity contribution in [2.24, 2.45) is 0 Å². The van der Waals surface area contributed by atoms with E-state index in [2.05, 4.69) is 6.07 Å². The zero-order valence-electron chi connectivity index (χ0n) is 12.7. The Kier molecular flexibility index (Phi) is 4.11. The number of rotatable bonds is 4. The Morgan fingerprint density at radius 2 is 1.26 bits per heavy atom. The molecule has 0 amide bonds. The summed E-state index contributed by atoms with van der Waals surface area (Å²) in [5, 5.41) is 9.02. The third-order valence-corrected chi connectivity index (χ3v) is 3.77. The van der Waals surface area contributed by atoms with E-state index in [1.165, 1.54) is 0 Å². The molecule has 1 N–H and O–H groups in total. The lowest BCUT2D eigenvalue weighted by atomic mass is 9.94. The summed E-state index contributed by atoms with van der Waals surface area (Å²) in [4.78, 5) is 11.0. The largest absolute Gasteiger partial charge is 0.497 e. The molecule has 23 heavy (non-hydrogen) atoms. The highest BCUT2D eigenvalue weighted by atomic mass is 16.5. The van der Waals surface area contributed by atoms with Crippen LogP contribution in [0.1, 0.15) is 10.4 Å². The second-order valence-corrected chi connectivity index (χ2v) is 5.16. The third-order valence-electron chi connectivity index (χ3n) is 3.77. The quantitative estimate of drug-likeness (QED) is 0.758. The maximum atomic E-state index is 11.0. The molecule has 3 heteroatoms. The SMILES string of the molecule is COc1ccc(-c2ccccc2-c2ccc(C(=O)O)cc2)cc1. The van der Waals surface area contributed by atoms with E-state index in [0.29, 0.717) is 0 Å². The van der Waals surface area contributed by atoms with Gasteiger partial charge in [-0.3, -0.25) is 0 Å². The Bertz CT molecular complexity index is 818. The molecule has 114 valence electrons. The van der Waals surface area contributed by atoms with Crippen LogP contribution in [-0.4, -0.2) is 18.2 Å². The monoisotopic (exact) mass is 304 g/mol. The second kappa shape index (κ2) is 6.36. The highest BCUT2D eigenvalue weighted by Crippen LogP contribution is 2.32. The van der Waals surface area contributed by atoms with E-state index in [9.17, 15) is 4.79 Å². The van der Waals surface area contributed by atoms with Gasteiger partial charge in [0.15, 0.2) is 0 Å². The lowest BCUT2D eigenvalue weighted by Crippen LogP contribution is -1.95. The van der Waals surface area contributed by atoms with Crippen LogP contribution in [0, 0.1) is 0 Å². The van der Waals surface area contributed by atoms with Crippen LogP contribution in [0.4, 0.5) is 0 Å². The summed E-state index contributed by atoms with van der Waals surface area (Å²) < 4.78 is 5.20. The topological polar surface area (TPSA) is 46.5 Å². The van der Waals surface area contributed by atoms with Gasteiger partial charge in [-0.2, -0.15) is 0 Å². The molecule has 0 saturated heterocycles. The van der Waals surface area contributed by atoms with Crippen molar-refractivity contribution in [1.29, 1.82) is 0 Å². The van der Waals surface area contributed by atoms with Crippen molar-refractivity contribution in [1.82, 2.24) is 0 Å². The normalized spacial score (nSPS) is 10.3. The van der Waals surface area contributed by atoms with Gasteiger partial charge in [0.25, 0.3) is 0 Å². The zero-order chi connectivity index (χ0) is 16.2. The lowest BCUT2D eigenvalue weighted by molar-refractivity contribution is 0.0697. The zero-order valence-corrected chi connectivity index (χ0v) is 12.7. The number of hydrogen-bond acceptors (Lipinski definition) is 2. The van der Waals surface area contributed by atoms with Crippen LogP contribution in [0.15, 0.2) is 72.8 Å². The molecule has 0 unspecified atom stereocenters. The molecule has 3 nitrogen and oxygen atoms in total. The number of aromatic carboxylic acids is 1. The van der Waals surface area contributed by atoms with E-state index in [0.717, 1.165) is 28.0 Å². The fourth-order valence-corrected chi connectivity index (χ4v) is 2.55. The number of methoxy groups -OCH3 is 1. The molecular weight excluding hydrogens is 288 g/mol. The highest BCUT2D eigenvalue weighted by Gasteiger charge is 2.08. The Balaban J connectivity index is 2.04. The molecule has 0 aromatic heterocycles. The Morgan fingerprint density at radius 1 is 0.783 bits per heavy atom. The first kappa shape index (κ1) is 14.9. The minimum atomic E-state index is -0.917. The van der Waals surface area contributed by atoms with Crippen molar-refractivity contribution in [2.45, 2.75) is 0 Å². The van der Waals surface area contributed by atoms with E-state index < -0.39 is 5.97 Å². The summed E-state index contributed by atoms with van der Waals surface area (Å²) >= 11 is 0. The summed E-state index contributed by atoms with van der Waals surface area (Å²) in [7, 11) is 1.65. The average Bonchev–Trinajstić information content (AvgIpc) is 2.62. The molecule has 0 fully saturated rings. The first-order valence-electron chi connectivity index (χ1n) is 7.26. The number of benzene rings is 3. The van der Waals surface area contributed by atoms with E-state index in [1.807, 2.05) is 54.6 Å². The summed E-state index contributed by atoms with van der Waals surface area (Å²) in [6, 6.07) is 22.9. The van der Waals surface area contributed by atoms with Crippen molar-refractivity contribution < 1.29 is 14.6 Å². The van der Waals surface area contributed by atoms with Crippen molar-refractivity contribution in [2.75, 3.05) is 7.11 Å². The van der Waals surface area contributed by atoms with Crippen molar-refractivity contribution in [3.8, 4) is 28.0 Å². The summed E-state index contributed by atoms with van der Waals surface area (Å²) in [5.74, 6) is -0.1000. The van der Waals surface area contributed by atoms with Gasteiger partial charge in [0, 0.05) is 0 Å². The van der Waals surface area contributed by atoms with Gasteiger partial charge in [0.05, 0.1) is 12.7 Å². The molecule has 0 bridgehead atoms. The van der Waals surface area contributed by atoms with Crippen LogP contribution in [-0.2, 0) is 0 Å². The highest BCUT2D eigenvalue weighted by molar-refractivity contribution is 5.89. The molecule has 0 heterocycles. The standard InChI is InChI=1S/C20H16O3/c1-23-17-12-10-15(11-13-17)19-5-3-2-4-18(19)14-6-8-16(9-7-14)20(21)22/h2-13H,1H3,(H,21,22). The molecule has 0 aliphatic rings. The van der Waals surface area contributed by atoms with E-state index in [1.54, 1.807) is 19.2 Å². The number of hydrogen-bond donors (Lipinski definition) is 1. The summed E-state index contributed by atoms with van der Waals surface area (Å²) in [6.07, 6.45) is 0. The maximum absolute atomic E-state index is 11.0. The van der Waals surface area contributed by atoms with Crippen LogP contribution in [0.25, 0.3) is 22.3 Å². The van der Waals surface area contributed by atoms with Crippen molar-refractivity contribution in [3.63, 3.8) is 0 Å². The third kappa shape index (κ3) is 3.09. The first-order chi connectivity index (χ1) is 11.2. The van der Waals surface area contributed by atoms with Gasteiger partial charge in [-0.25, -0.2) is 4.79 Å². The van der Waals surface area contributed by atoms with Crippen molar-refractivity contribution in [3.05, 3.63) is 78.4 Å². The molecule has 0 radical (unpaired) electrons. The van der Waals surface area contributed by atoms with Crippen molar-refractivity contribution >= 4 is 5.97 Å². The Morgan fingerprint density at radius 3 is 1.70 bits per heavy atom. The predicted octanol–water partition coefficient (Wildman–Crippen LogP) is 4.73. The van der Waals surface area contributed by atoms with Gasteiger partial charge in [0.1, 0.15) is 5.75 Å². The van der Waals surface area contributed by atoms with Crippen LogP contribution in [0.2, 0.25) is 0 Å². The molecular formula is C20H16O3. The van der Waals surface area contributed by atoms with E-state index in [-0.39, 0.29) is 5.56 Å². The second-order valence-electron chi connectivity index (χ2n) is 5.16. The maximum Gasteiger partial charge on any atom is 0.335 e. The Hall–Kier alpha value is -3.07. The van der Waals surface area contributed by atoms with Gasteiger partial charge < -0.3 is 9.84 Å². The molecule has 0 spiro atoms. The summed E-state index contributed by atoms with van der Waals surface area (Å²) in [5.41, 5.74) is 4.52. The van der Waals surface area contributed by atoms with E-state index in [4.69, 9.17) is 9.84 Å². The fourth-order valence-electron chi connectivity index (χ4n) is 2.55. The van der Waals surface area contributed by atoms with Crippen LogP contribution in [0.3, 0.4) is 0 Å². The average molecular weight is 304 g/mol. The van der Waals surface area contributed by atoms with Gasteiger partial charge in [0.2, 0.25) is 0 Å². The number of carbonyl (C=O) groups is 1. The molecule has 0 aliphatic heterocycles. The fraction of sp³-hybridized carbons (Fsp3) is 0.0500. The molecule has 3 aromatic carbocycles. The minimum absolute atomic E-state index is 0.288. The molecule has 0 aliphatic carbocycles. The minimum Gasteiger partial charge on any atom is -0.497 e. The van der Waals surface area contributed by atoms with E-state index >= 15 is 0 Å². The molecule has 0 saturated carbocycles. The molecule has 0 atom stereocenters. The Labute approximate surface area is 134 Å². The van der Waals surface area contributed by atoms with Crippen LogP contribution < -0.4 is 4.74 Å². The van der Waals surface area contributed by atoms with Gasteiger partial charge in [-0.1, -0.05) is 48.5 Å². The smallest absolute Gasteiger partial charge is 0.335 e. The van der Waals surface area contributed by atoms with Crippen LogP contribution in [0.5, 0.6) is 5.75 Å². The van der Waals surface area contributed by atoms with Gasteiger partial charge in [-0.05, 0) is 46.5 Å². The molecule has 3 aromatic rings. The first-order valence-corrected chi connectivity index (χ1v) is 7.26. The molecule has 3 rings (SSSR count). The number of carboxylic acid groups (broad SMARTS) is 1.